The second-order valence-electron chi connectivity index (χ2n) is 7.24. The summed E-state index contributed by atoms with van der Waals surface area (Å²) >= 11 is 0. The summed E-state index contributed by atoms with van der Waals surface area (Å²) in [6.45, 7) is 6.82. The lowest BCUT2D eigenvalue weighted by molar-refractivity contribution is 0.102. The second kappa shape index (κ2) is 9.24. The predicted molar refractivity (Wildman–Crippen MR) is 118 cm³/mol. The number of amides is 1. The molecule has 0 fully saturated rings. The molecule has 0 aliphatic carbocycles. The minimum Gasteiger partial charge on any atom is -0.496 e. The van der Waals surface area contributed by atoms with E-state index in [9.17, 15) is 4.79 Å². The topological polar surface area (TPSA) is 63.2 Å². The van der Waals surface area contributed by atoms with Crippen molar-refractivity contribution in [2.24, 2.45) is 0 Å². The number of anilines is 2. The van der Waals surface area contributed by atoms with Crippen molar-refractivity contribution in [2.75, 3.05) is 17.7 Å². The summed E-state index contributed by atoms with van der Waals surface area (Å²) in [5, 5.41) is 6.38. The Morgan fingerprint density at radius 1 is 1.10 bits per heavy atom. The smallest absolute Gasteiger partial charge is 0.274 e. The van der Waals surface area contributed by atoms with Gasteiger partial charge in [-0.15, -0.1) is 0 Å². The summed E-state index contributed by atoms with van der Waals surface area (Å²) < 4.78 is 5.39. The van der Waals surface area contributed by atoms with Crippen LogP contribution < -0.4 is 15.4 Å². The fraction of sp³-hybridized carbons (Fsp3) is 0.250. The van der Waals surface area contributed by atoms with Crippen LogP contribution in [-0.2, 0) is 6.54 Å². The number of para-hydroxylation sites is 2. The predicted octanol–water partition coefficient (Wildman–Crippen LogP) is 5.39. The molecule has 0 saturated heterocycles. The molecule has 0 aliphatic heterocycles. The van der Waals surface area contributed by atoms with Crippen LogP contribution >= 0.6 is 0 Å². The Hall–Kier alpha value is -3.34. The van der Waals surface area contributed by atoms with Crippen molar-refractivity contribution in [2.45, 2.75) is 33.2 Å². The number of methoxy groups -OCH3 is 1. The number of aryl methyl sites for hydroxylation is 1. The SMILES string of the molecule is COc1ccccc1CNc1ccnc(C(=O)Nc2c(C)cccc2C(C)C)c1. The Bertz CT molecular complexity index is 999. The molecule has 1 heterocycles. The fourth-order valence-electron chi connectivity index (χ4n) is 3.23. The van der Waals surface area contributed by atoms with E-state index in [1.165, 1.54) is 0 Å². The van der Waals surface area contributed by atoms with Crippen molar-refractivity contribution in [1.82, 2.24) is 4.98 Å². The van der Waals surface area contributed by atoms with Crippen LogP contribution in [0.1, 0.15) is 46.9 Å². The van der Waals surface area contributed by atoms with Crippen LogP contribution in [0.15, 0.2) is 60.8 Å². The van der Waals surface area contributed by atoms with Crippen LogP contribution in [0.5, 0.6) is 5.75 Å². The zero-order valence-electron chi connectivity index (χ0n) is 17.3. The third kappa shape index (κ3) is 4.93. The molecule has 1 aromatic heterocycles. The van der Waals surface area contributed by atoms with Gasteiger partial charge in [0.25, 0.3) is 5.91 Å². The number of hydrogen-bond acceptors (Lipinski definition) is 4. The Morgan fingerprint density at radius 3 is 2.66 bits per heavy atom. The normalized spacial score (nSPS) is 10.7. The lowest BCUT2D eigenvalue weighted by Crippen LogP contribution is -2.16. The highest BCUT2D eigenvalue weighted by Crippen LogP contribution is 2.28. The van der Waals surface area contributed by atoms with Gasteiger partial charge in [-0.2, -0.15) is 0 Å². The molecule has 150 valence electrons. The van der Waals surface area contributed by atoms with E-state index in [2.05, 4.69) is 29.5 Å². The van der Waals surface area contributed by atoms with Crippen LogP contribution in [-0.4, -0.2) is 18.0 Å². The number of ether oxygens (including phenoxy) is 1. The van der Waals surface area contributed by atoms with Gasteiger partial charge in [0.1, 0.15) is 11.4 Å². The molecule has 0 bridgehead atoms. The van der Waals surface area contributed by atoms with E-state index in [0.717, 1.165) is 33.8 Å². The van der Waals surface area contributed by atoms with Crippen molar-refractivity contribution in [3.05, 3.63) is 83.2 Å². The van der Waals surface area contributed by atoms with Gasteiger partial charge in [-0.25, -0.2) is 0 Å². The van der Waals surface area contributed by atoms with Gasteiger partial charge in [0.15, 0.2) is 0 Å². The lowest BCUT2D eigenvalue weighted by atomic mass is 9.98. The van der Waals surface area contributed by atoms with Gasteiger partial charge in [0, 0.05) is 29.7 Å². The lowest BCUT2D eigenvalue weighted by Gasteiger charge is -2.16. The van der Waals surface area contributed by atoms with Gasteiger partial charge >= 0.3 is 0 Å². The Labute approximate surface area is 172 Å². The molecule has 1 amide bonds. The van der Waals surface area contributed by atoms with E-state index >= 15 is 0 Å². The van der Waals surface area contributed by atoms with Crippen LogP contribution in [0.25, 0.3) is 0 Å². The molecule has 0 unspecified atom stereocenters. The Morgan fingerprint density at radius 2 is 1.90 bits per heavy atom. The maximum absolute atomic E-state index is 12.8. The molecular weight excluding hydrogens is 362 g/mol. The average molecular weight is 389 g/mol. The Kier molecular flexibility index (Phi) is 6.50. The van der Waals surface area contributed by atoms with Crippen LogP contribution in [0, 0.1) is 6.92 Å². The van der Waals surface area contributed by atoms with Gasteiger partial charge < -0.3 is 15.4 Å². The molecule has 5 nitrogen and oxygen atoms in total. The first kappa shape index (κ1) is 20.4. The summed E-state index contributed by atoms with van der Waals surface area (Å²) in [4.78, 5) is 17.1. The van der Waals surface area contributed by atoms with Crippen molar-refractivity contribution >= 4 is 17.3 Å². The first-order chi connectivity index (χ1) is 14.0. The highest BCUT2D eigenvalue weighted by Gasteiger charge is 2.14. The average Bonchev–Trinajstić information content (AvgIpc) is 2.73. The van der Waals surface area contributed by atoms with Gasteiger partial charge in [0.2, 0.25) is 0 Å². The number of carbonyl (C=O) groups excluding carboxylic acids is 1. The number of pyridine rings is 1. The minimum absolute atomic E-state index is 0.220. The summed E-state index contributed by atoms with van der Waals surface area (Å²) in [6.07, 6.45) is 1.64. The molecule has 2 N–H and O–H groups in total. The van der Waals surface area contributed by atoms with Gasteiger partial charge in [0.05, 0.1) is 7.11 Å². The largest absolute Gasteiger partial charge is 0.496 e. The van der Waals surface area contributed by atoms with E-state index < -0.39 is 0 Å². The zero-order chi connectivity index (χ0) is 20.8. The maximum atomic E-state index is 12.8. The number of hydrogen-bond donors (Lipinski definition) is 2. The summed E-state index contributed by atoms with van der Waals surface area (Å²) in [7, 11) is 1.66. The molecule has 0 aliphatic rings. The van der Waals surface area contributed by atoms with Gasteiger partial charge in [-0.3, -0.25) is 9.78 Å². The number of carbonyl (C=O) groups is 1. The molecule has 29 heavy (non-hydrogen) atoms. The van der Waals surface area contributed by atoms with Crippen LogP contribution in [0.4, 0.5) is 11.4 Å². The molecule has 0 atom stereocenters. The van der Waals surface area contributed by atoms with Crippen LogP contribution in [0.2, 0.25) is 0 Å². The van der Waals surface area contributed by atoms with E-state index in [0.29, 0.717) is 18.2 Å². The number of benzene rings is 2. The van der Waals surface area contributed by atoms with E-state index in [1.807, 2.05) is 55.5 Å². The summed E-state index contributed by atoms with van der Waals surface area (Å²) in [5.74, 6) is 0.918. The third-order valence-electron chi connectivity index (χ3n) is 4.83. The highest BCUT2D eigenvalue weighted by atomic mass is 16.5. The second-order valence-corrected chi connectivity index (χ2v) is 7.24. The maximum Gasteiger partial charge on any atom is 0.274 e. The van der Waals surface area contributed by atoms with E-state index in [4.69, 9.17) is 4.74 Å². The molecule has 0 radical (unpaired) electrons. The fourth-order valence-corrected chi connectivity index (χ4v) is 3.23. The molecule has 0 saturated carbocycles. The van der Waals surface area contributed by atoms with Gasteiger partial charge in [-0.1, -0.05) is 50.2 Å². The first-order valence-corrected chi connectivity index (χ1v) is 9.72. The van der Waals surface area contributed by atoms with E-state index in [-0.39, 0.29) is 5.91 Å². The minimum atomic E-state index is -0.220. The van der Waals surface area contributed by atoms with E-state index in [1.54, 1.807) is 19.4 Å². The summed E-state index contributed by atoms with van der Waals surface area (Å²) in [6, 6.07) is 17.5. The van der Waals surface area contributed by atoms with Crippen molar-refractivity contribution < 1.29 is 9.53 Å². The molecule has 3 rings (SSSR count). The molecule has 3 aromatic rings. The number of rotatable bonds is 7. The van der Waals surface area contributed by atoms with Crippen LogP contribution in [0.3, 0.4) is 0 Å². The third-order valence-corrected chi connectivity index (χ3v) is 4.83. The monoisotopic (exact) mass is 389 g/mol. The standard InChI is InChI=1S/C24H27N3O2/c1-16(2)20-10-7-8-17(3)23(20)27-24(28)21-14-19(12-13-25-21)26-15-18-9-5-6-11-22(18)29-4/h5-14,16H,15H2,1-4H3,(H,25,26)(H,27,28). The highest BCUT2D eigenvalue weighted by molar-refractivity contribution is 6.04. The quantitative estimate of drug-likeness (QED) is 0.569. The number of aromatic nitrogens is 1. The number of nitrogens with zero attached hydrogens (tertiary/aromatic N) is 1. The summed E-state index contributed by atoms with van der Waals surface area (Å²) in [5.41, 5.74) is 5.25. The Balaban J connectivity index is 1.75. The molecule has 0 spiro atoms. The molecule has 5 heteroatoms. The van der Waals surface area contributed by atoms with Crippen molar-refractivity contribution in [3.8, 4) is 5.75 Å². The van der Waals surface area contributed by atoms with Crippen molar-refractivity contribution in [3.63, 3.8) is 0 Å². The molecular formula is C24H27N3O2. The zero-order valence-corrected chi connectivity index (χ0v) is 17.3. The number of nitrogens with one attached hydrogen (secondary N) is 2. The van der Waals surface area contributed by atoms with Gasteiger partial charge in [-0.05, 0) is 42.2 Å². The van der Waals surface area contributed by atoms with Crippen molar-refractivity contribution in [1.29, 1.82) is 0 Å². The molecule has 2 aromatic carbocycles. The first-order valence-electron chi connectivity index (χ1n) is 9.72.